The summed E-state index contributed by atoms with van der Waals surface area (Å²) in [6, 6.07) is 2.19. The molecule has 0 radical (unpaired) electrons. The molecule has 0 atom stereocenters. The van der Waals surface area contributed by atoms with Crippen molar-refractivity contribution in [1.29, 1.82) is 0 Å². The van der Waals surface area contributed by atoms with Crippen molar-refractivity contribution in [3.63, 3.8) is 0 Å². The zero-order valence-corrected chi connectivity index (χ0v) is 23.5. The molecule has 0 aliphatic rings. The predicted molar refractivity (Wildman–Crippen MR) is 130 cm³/mol. The van der Waals surface area contributed by atoms with Gasteiger partial charge in [-0.15, -0.1) is 0 Å². The van der Waals surface area contributed by atoms with E-state index in [4.69, 9.17) is 17.7 Å². The fraction of sp³-hybridized carbons (Fsp3) is 0.810. The maximum atomic E-state index is 11.6. The van der Waals surface area contributed by atoms with E-state index in [0.717, 1.165) is 12.5 Å². The molecule has 9 heteroatoms. The number of unbranched alkanes of at least 4 members (excludes halogenated alkanes) is 1. The van der Waals surface area contributed by atoms with E-state index in [2.05, 4.69) is 52.8 Å². The highest BCUT2D eigenvalue weighted by Crippen LogP contribution is 2.26. The number of esters is 1. The van der Waals surface area contributed by atoms with Gasteiger partial charge in [-0.3, -0.25) is 9.59 Å². The largest absolute Gasteiger partial charge is 0.463 e. The van der Waals surface area contributed by atoms with Crippen LogP contribution >= 0.6 is 0 Å². The summed E-state index contributed by atoms with van der Waals surface area (Å²) < 4.78 is 23.8. The molecule has 0 bridgehead atoms. The number of ketones is 1. The van der Waals surface area contributed by atoms with Crippen LogP contribution in [0.4, 0.5) is 0 Å². The van der Waals surface area contributed by atoms with Gasteiger partial charge in [-0.2, -0.15) is 0 Å². The molecular formula is C21H44O6Si3. The third-order valence-corrected chi connectivity index (χ3v) is 16.1. The highest BCUT2D eigenvalue weighted by Gasteiger charge is 2.39. The van der Waals surface area contributed by atoms with Gasteiger partial charge in [0.2, 0.25) is 0 Å². The fourth-order valence-electron chi connectivity index (χ4n) is 3.32. The van der Waals surface area contributed by atoms with Gasteiger partial charge in [0.25, 0.3) is 0 Å². The molecule has 0 saturated carbocycles. The highest BCUT2D eigenvalue weighted by atomic mass is 28.5. The van der Waals surface area contributed by atoms with Crippen LogP contribution in [0.2, 0.25) is 51.4 Å². The Balaban J connectivity index is 4.10. The maximum Gasteiger partial charge on any atom is 0.311 e. The molecule has 0 unspecified atom stereocenters. The summed E-state index contributed by atoms with van der Waals surface area (Å²) in [7, 11) is -5.65. The summed E-state index contributed by atoms with van der Waals surface area (Å²) in [4.78, 5) is 22.6. The number of ether oxygens (including phenoxy) is 2. The predicted octanol–water partition coefficient (Wildman–Crippen LogP) is 5.42. The first kappa shape index (κ1) is 29.4. The summed E-state index contributed by atoms with van der Waals surface area (Å²) in [6.07, 6.45) is 3.28. The lowest BCUT2D eigenvalue weighted by atomic mass is 10.1. The Kier molecular flexibility index (Phi) is 13.5. The molecule has 0 spiro atoms. The van der Waals surface area contributed by atoms with Crippen LogP contribution in [-0.2, 0) is 27.3 Å². The average Bonchev–Trinajstić information content (AvgIpc) is 2.56. The molecule has 0 aromatic rings. The van der Waals surface area contributed by atoms with E-state index in [9.17, 15) is 9.59 Å². The van der Waals surface area contributed by atoms with Crippen LogP contribution in [0, 0.1) is 0 Å². The molecular weight excluding hydrogens is 432 g/mol. The topological polar surface area (TPSA) is 71.1 Å². The van der Waals surface area contributed by atoms with E-state index in [1.54, 1.807) is 0 Å². The van der Waals surface area contributed by atoms with Gasteiger partial charge in [0.15, 0.2) is 22.4 Å². The quantitative estimate of drug-likeness (QED) is 0.121. The normalized spacial score (nSPS) is 12.7. The van der Waals surface area contributed by atoms with Crippen molar-refractivity contribution in [2.24, 2.45) is 0 Å². The number of carbonyl (C=O) groups is 2. The van der Waals surface area contributed by atoms with Crippen molar-refractivity contribution in [3.8, 4) is 0 Å². The van der Waals surface area contributed by atoms with Gasteiger partial charge in [0.05, 0.1) is 13.0 Å². The molecule has 0 aromatic carbocycles. The molecule has 0 N–H and O–H groups in total. The molecule has 6 nitrogen and oxygen atoms in total. The van der Waals surface area contributed by atoms with Crippen LogP contribution in [0.15, 0.2) is 12.2 Å². The van der Waals surface area contributed by atoms with E-state index in [1.807, 2.05) is 0 Å². The average molecular weight is 477 g/mol. The Morgan fingerprint density at radius 2 is 1.37 bits per heavy atom. The fourth-order valence-corrected chi connectivity index (χ4v) is 17.5. The SMILES string of the molecule is C=C(CC(=O)OCCOCCC[Si](C)(C)O[Si](C)(C)O[Si](C)(C)CCCC)C(C)=O. The third kappa shape index (κ3) is 15.2. The number of rotatable bonds is 17. The van der Waals surface area contributed by atoms with Crippen molar-refractivity contribution < 1.29 is 27.3 Å². The summed E-state index contributed by atoms with van der Waals surface area (Å²) in [5, 5.41) is 0. The van der Waals surface area contributed by atoms with E-state index in [0.29, 0.717) is 13.2 Å². The maximum absolute atomic E-state index is 11.6. The lowest BCUT2D eigenvalue weighted by Crippen LogP contribution is -2.52. The van der Waals surface area contributed by atoms with Crippen molar-refractivity contribution in [1.82, 2.24) is 0 Å². The van der Waals surface area contributed by atoms with E-state index >= 15 is 0 Å². The number of carbonyl (C=O) groups excluding carboxylic acids is 2. The van der Waals surface area contributed by atoms with Crippen molar-refractivity contribution in [2.75, 3.05) is 19.8 Å². The smallest absolute Gasteiger partial charge is 0.311 e. The Morgan fingerprint density at radius 3 is 1.87 bits per heavy atom. The van der Waals surface area contributed by atoms with Crippen LogP contribution < -0.4 is 0 Å². The molecule has 30 heavy (non-hydrogen) atoms. The van der Waals surface area contributed by atoms with Gasteiger partial charge >= 0.3 is 14.5 Å². The van der Waals surface area contributed by atoms with Gasteiger partial charge in [0, 0.05) is 6.61 Å². The summed E-state index contributed by atoms with van der Waals surface area (Å²) in [6.45, 7) is 21.7. The highest BCUT2D eigenvalue weighted by molar-refractivity contribution is 6.87. The van der Waals surface area contributed by atoms with Crippen LogP contribution in [-0.4, -0.2) is 56.8 Å². The second-order valence-corrected chi connectivity index (χ2v) is 22.0. The summed E-state index contributed by atoms with van der Waals surface area (Å²) in [5.41, 5.74) is 0.264. The second-order valence-electron chi connectivity index (χ2n) is 9.50. The summed E-state index contributed by atoms with van der Waals surface area (Å²) >= 11 is 0. The first-order valence-electron chi connectivity index (χ1n) is 11.0. The molecule has 176 valence electrons. The molecule has 0 heterocycles. The first-order chi connectivity index (χ1) is 13.7. The number of Topliss-reactive ketones (excluding diaryl/α,β-unsaturated/α-hetero) is 1. The molecule has 0 aromatic heterocycles. The van der Waals surface area contributed by atoms with Crippen LogP contribution in [0.5, 0.6) is 0 Å². The third-order valence-electron chi connectivity index (χ3n) is 4.59. The molecule has 0 fully saturated rings. The van der Waals surface area contributed by atoms with Gasteiger partial charge in [-0.1, -0.05) is 26.3 Å². The molecule has 0 amide bonds. The molecule has 0 rings (SSSR count). The van der Waals surface area contributed by atoms with Gasteiger partial charge in [0.1, 0.15) is 6.61 Å². The van der Waals surface area contributed by atoms with E-state index < -0.39 is 31.2 Å². The van der Waals surface area contributed by atoms with E-state index in [-0.39, 0.29) is 24.4 Å². The van der Waals surface area contributed by atoms with Crippen molar-refractivity contribution in [3.05, 3.63) is 12.2 Å². The Morgan fingerprint density at radius 1 is 0.833 bits per heavy atom. The Labute approximate surface area is 187 Å². The zero-order valence-electron chi connectivity index (χ0n) is 20.5. The second kappa shape index (κ2) is 13.7. The van der Waals surface area contributed by atoms with Crippen LogP contribution in [0.25, 0.3) is 0 Å². The minimum atomic E-state index is -2.15. The monoisotopic (exact) mass is 476 g/mol. The minimum Gasteiger partial charge on any atom is -0.463 e. The van der Waals surface area contributed by atoms with E-state index in [1.165, 1.54) is 25.8 Å². The van der Waals surface area contributed by atoms with Crippen molar-refractivity contribution in [2.45, 2.75) is 90.9 Å². The number of hydrogen-bond acceptors (Lipinski definition) is 6. The molecule has 0 aliphatic carbocycles. The number of hydrogen-bond donors (Lipinski definition) is 0. The first-order valence-corrected chi connectivity index (χ1v) is 20.1. The van der Waals surface area contributed by atoms with Crippen molar-refractivity contribution >= 4 is 36.9 Å². The zero-order chi connectivity index (χ0) is 23.4. The Hall–Kier alpha value is -0.589. The van der Waals surface area contributed by atoms with Crippen LogP contribution in [0.1, 0.15) is 39.5 Å². The summed E-state index contributed by atoms with van der Waals surface area (Å²) in [5.74, 6) is -0.640. The minimum absolute atomic E-state index is 0.0632. The lowest BCUT2D eigenvalue weighted by molar-refractivity contribution is -0.144. The van der Waals surface area contributed by atoms with Gasteiger partial charge in [-0.25, -0.2) is 0 Å². The van der Waals surface area contributed by atoms with Gasteiger partial charge < -0.3 is 17.7 Å². The Bertz CT molecular complexity index is 561. The molecule has 0 saturated heterocycles. The van der Waals surface area contributed by atoms with Crippen LogP contribution in [0.3, 0.4) is 0 Å². The molecule has 0 aliphatic heterocycles. The standard InChI is InChI=1S/C21H44O6Si3/c1-10-11-16-28(4,5)26-30(8,9)27-29(6,7)17-12-13-24-14-15-25-21(23)18-19(2)20(3)22/h2,10-18H2,1,3-9H3. The lowest BCUT2D eigenvalue weighted by Gasteiger charge is -2.38. The van der Waals surface area contributed by atoms with Gasteiger partial charge in [-0.05, 0) is 70.3 Å².